The van der Waals surface area contributed by atoms with Crippen molar-refractivity contribution in [1.82, 2.24) is 20.1 Å². The Kier molecular flexibility index (Phi) is 5.97. The molecule has 8 nitrogen and oxygen atoms in total. The van der Waals surface area contributed by atoms with Crippen LogP contribution in [0.4, 0.5) is 0 Å². The van der Waals surface area contributed by atoms with E-state index in [-0.39, 0.29) is 5.91 Å². The van der Waals surface area contributed by atoms with Gasteiger partial charge in [0.1, 0.15) is 0 Å². The van der Waals surface area contributed by atoms with Crippen LogP contribution in [0.3, 0.4) is 0 Å². The molecular formula is C25H26N4O4. The SMILES string of the molecule is COc1cccc2c1OCCCN(C(=O)CCc1nnc(Cc3c[nH]c4ccccc34)o1)C2. The van der Waals surface area contributed by atoms with E-state index in [0.29, 0.717) is 56.5 Å². The van der Waals surface area contributed by atoms with Crippen LogP contribution in [-0.2, 0) is 24.2 Å². The van der Waals surface area contributed by atoms with E-state index < -0.39 is 0 Å². The molecule has 2 aromatic carbocycles. The van der Waals surface area contributed by atoms with Crippen LogP contribution in [0.25, 0.3) is 10.9 Å². The van der Waals surface area contributed by atoms with Crippen molar-refractivity contribution >= 4 is 16.8 Å². The molecule has 0 unspecified atom stereocenters. The van der Waals surface area contributed by atoms with Crippen molar-refractivity contribution in [2.75, 3.05) is 20.3 Å². The summed E-state index contributed by atoms with van der Waals surface area (Å²) in [6, 6.07) is 13.9. The van der Waals surface area contributed by atoms with E-state index in [4.69, 9.17) is 13.9 Å². The average molecular weight is 447 g/mol. The minimum absolute atomic E-state index is 0.0575. The predicted molar refractivity (Wildman–Crippen MR) is 122 cm³/mol. The largest absolute Gasteiger partial charge is 0.493 e. The lowest BCUT2D eigenvalue weighted by Crippen LogP contribution is -2.34. The third kappa shape index (κ3) is 4.55. The third-order valence-corrected chi connectivity index (χ3v) is 5.89. The van der Waals surface area contributed by atoms with Gasteiger partial charge in [-0.1, -0.05) is 30.3 Å². The first kappa shape index (κ1) is 21.1. The van der Waals surface area contributed by atoms with Crippen LogP contribution in [0.1, 0.15) is 35.7 Å². The average Bonchev–Trinajstić information content (AvgIpc) is 3.45. The number of methoxy groups -OCH3 is 1. The Hall–Kier alpha value is -3.81. The van der Waals surface area contributed by atoms with Gasteiger partial charge >= 0.3 is 0 Å². The van der Waals surface area contributed by atoms with Gasteiger partial charge in [-0.2, -0.15) is 0 Å². The zero-order chi connectivity index (χ0) is 22.6. The van der Waals surface area contributed by atoms with Gasteiger partial charge < -0.3 is 23.8 Å². The summed E-state index contributed by atoms with van der Waals surface area (Å²) in [6.45, 7) is 1.67. The van der Waals surface area contributed by atoms with Crippen LogP contribution in [-0.4, -0.2) is 46.2 Å². The Bertz CT molecular complexity index is 1260. The van der Waals surface area contributed by atoms with E-state index in [9.17, 15) is 4.79 Å². The Morgan fingerprint density at radius 3 is 2.94 bits per heavy atom. The molecule has 1 amide bonds. The quantitative estimate of drug-likeness (QED) is 0.483. The molecule has 1 N–H and O–H groups in total. The number of aryl methyl sites for hydroxylation is 1. The molecule has 0 saturated heterocycles. The van der Waals surface area contributed by atoms with Crippen molar-refractivity contribution in [1.29, 1.82) is 0 Å². The molecular weight excluding hydrogens is 420 g/mol. The second kappa shape index (κ2) is 9.36. The number of aromatic amines is 1. The van der Waals surface area contributed by atoms with Gasteiger partial charge in [-0.25, -0.2) is 0 Å². The van der Waals surface area contributed by atoms with E-state index in [1.165, 1.54) is 0 Å². The van der Waals surface area contributed by atoms with E-state index in [2.05, 4.69) is 21.2 Å². The highest BCUT2D eigenvalue weighted by atomic mass is 16.5. The molecule has 3 heterocycles. The molecule has 0 saturated carbocycles. The maximum atomic E-state index is 13.0. The molecule has 4 aromatic rings. The second-order valence-corrected chi connectivity index (χ2v) is 8.09. The molecule has 0 spiro atoms. The number of ether oxygens (including phenoxy) is 2. The second-order valence-electron chi connectivity index (χ2n) is 8.09. The van der Waals surface area contributed by atoms with Crippen LogP contribution < -0.4 is 9.47 Å². The number of H-pyrrole nitrogens is 1. The number of rotatable bonds is 6. The summed E-state index contributed by atoms with van der Waals surface area (Å²) in [5.74, 6) is 2.50. The van der Waals surface area contributed by atoms with Crippen LogP contribution in [0.15, 0.2) is 53.1 Å². The number of hydrogen-bond acceptors (Lipinski definition) is 6. The molecule has 0 atom stereocenters. The van der Waals surface area contributed by atoms with Crippen LogP contribution in [0, 0.1) is 0 Å². The molecule has 33 heavy (non-hydrogen) atoms. The Labute approximate surface area is 191 Å². The summed E-state index contributed by atoms with van der Waals surface area (Å²) < 4.78 is 17.1. The minimum atomic E-state index is 0.0575. The molecule has 0 radical (unpaired) electrons. The molecule has 1 aliphatic heterocycles. The van der Waals surface area contributed by atoms with Crippen LogP contribution in [0.2, 0.25) is 0 Å². The molecule has 8 heteroatoms. The van der Waals surface area contributed by atoms with Gasteiger partial charge in [0.05, 0.1) is 20.1 Å². The smallest absolute Gasteiger partial charge is 0.223 e. The maximum Gasteiger partial charge on any atom is 0.223 e. The van der Waals surface area contributed by atoms with Crippen molar-refractivity contribution in [3.63, 3.8) is 0 Å². The van der Waals surface area contributed by atoms with Gasteiger partial charge in [0, 0.05) is 48.6 Å². The zero-order valence-electron chi connectivity index (χ0n) is 18.5. The number of amides is 1. The number of fused-ring (bicyclic) bond motifs is 2. The van der Waals surface area contributed by atoms with Crippen molar-refractivity contribution < 1.29 is 18.7 Å². The van der Waals surface area contributed by atoms with Gasteiger partial charge in [0.2, 0.25) is 17.7 Å². The monoisotopic (exact) mass is 446 g/mol. The Morgan fingerprint density at radius 1 is 1.15 bits per heavy atom. The van der Waals surface area contributed by atoms with E-state index in [0.717, 1.165) is 34.2 Å². The van der Waals surface area contributed by atoms with Gasteiger partial charge in [-0.3, -0.25) is 4.79 Å². The maximum absolute atomic E-state index is 13.0. The van der Waals surface area contributed by atoms with Crippen molar-refractivity contribution in [2.24, 2.45) is 0 Å². The highest BCUT2D eigenvalue weighted by molar-refractivity contribution is 5.83. The molecule has 0 aliphatic carbocycles. The molecule has 0 fully saturated rings. The van der Waals surface area contributed by atoms with Gasteiger partial charge in [0.15, 0.2) is 11.5 Å². The highest BCUT2D eigenvalue weighted by Gasteiger charge is 2.21. The summed E-state index contributed by atoms with van der Waals surface area (Å²) >= 11 is 0. The first-order valence-corrected chi connectivity index (χ1v) is 11.1. The number of para-hydroxylation sites is 2. The normalized spacial score (nSPS) is 13.8. The number of carbonyl (C=O) groups excluding carboxylic acids is 1. The summed E-state index contributed by atoms with van der Waals surface area (Å²) in [5, 5.41) is 9.47. The van der Waals surface area contributed by atoms with Crippen LogP contribution in [0.5, 0.6) is 11.5 Å². The number of nitrogens with zero attached hydrogens (tertiary/aromatic N) is 3. The summed E-state index contributed by atoms with van der Waals surface area (Å²) in [6.07, 6.45) is 4.01. The number of hydrogen-bond donors (Lipinski definition) is 1. The summed E-state index contributed by atoms with van der Waals surface area (Å²) in [7, 11) is 1.62. The van der Waals surface area contributed by atoms with Crippen molar-refractivity contribution in [2.45, 2.75) is 32.2 Å². The fraction of sp³-hybridized carbons (Fsp3) is 0.320. The summed E-state index contributed by atoms with van der Waals surface area (Å²) in [4.78, 5) is 18.1. The first-order chi connectivity index (χ1) is 16.2. The van der Waals surface area contributed by atoms with Crippen molar-refractivity contribution in [3.8, 4) is 11.5 Å². The molecule has 5 rings (SSSR count). The molecule has 0 bridgehead atoms. The topological polar surface area (TPSA) is 93.5 Å². The lowest BCUT2D eigenvalue weighted by molar-refractivity contribution is -0.132. The Morgan fingerprint density at radius 2 is 2.03 bits per heavy atom. The molecule has 170 valence electrons. The van der Waals surface area contributed by atoms with E-state index >= 15 is 0 Å². The van der Waals surface area contributed by atoms with Crippen LogP contribution >= 0.6 is 0 Å². The molecule has 2 aromatic heterocycles. The fourth-order valence-electron chi connectivity index (χ4n) is 4.21. The van der Waals surface area contributed by atoms with Crippen molar-refractivity contribution in [3.05, 3.63) is 71.6 Å². The number of carbonyl (C=O) groups is 1. The van der Waals surface area contributed by atoms with Gasteiger partial charge in [-0.15, -0.1) is 10.2 Å². The third-order valence-electron chi connectivity index (χ3n) is 5.89. The fourth-order valence-corrected chi connectivity index (χ4v) is 4.21. The highest BCUT2D eigenvalue weighted by Crippen LogP contribution is 2.33. The number of benzene rings is 2. The zero-order valence-corrected chi connectivity index (χ0v) is 18.5. The van der Waals surface area contributed by atoms with E-state index in [1.807, 2.05) is 47.5 Å². The van der Waals surface area contributed by atoms with E-state index in [1.54, 1.807) is 7.11 Å². The number of nitrogens with one attached hydrogen (secondary N) is 1. The Balaban J connectivity index is 1.22. The van der Waals surface area contributed by atoms with Gasteiger partial charge in [-0.05, 0) is 24.1 Å². The predicted octanol–water partition coefficient (Wildman–Crippen LogP) is 3.89. The first-order valence-electron chi connectivity index (χ1n) is 11.1. The number of aromatic nitrogens is 3. The lowest BCUT2D eigenvalue weighted by atomic mass is 10.1. The molecule has 1 aliphatic rings. The summed E-state index contributed by atoms with van der Waals surface area (Å²) in [5.41, 5.74) is 3.13. The standard InChI is InChI=1S/C25H26N4O4/c1-31-21-9-4-6-17-16-29(12-5-13-32-25(17)21)24(30)11-10-22-27-28-23(33-22)14-18-15-26-20-8-3-2-7-19(18)20/h2-4,6-9,15,26H,5,10-14,16H2,1H3. The lowest BCUT2D eigenvalue weighted by Gasteiger charge is -2.27. The minimum Gasteiger partial charge on any atom is -0.493 e. The van der Waals surface area contributed by atoms with Gasteiger partial charge in [0.25, 0.3) is 0 Å².